The predicted molar refractivity (Wildman–Crippen MR) is 131 cm³/mol. The maximum Gasteiger partial charge on any atom is 0.190 e. The largest absolute Gasteiger partial charge is 0.394 e. The van der Waals surface area contributed by atoms with E-state index >= 15 is 0 Å². The number of hydrogen-bond acceptors (Lipinski definition) is 6. The molecule has 0 saturated carbocycles. The van der Waals surface area contributed by atoms with E-state index in [9.17, 15) is 10.2 Å². The van der Waals surface area contributed by atoms with Crippen molar-refractivity contribution < 1.29 is 29.2 Å². The summed E-state index contributed by atoms with van der Waals surface area (Å²) in [4.78, 5) is 0. The third kappa shape index (κ3) is 10.9. The first-order chi connectivity index (χ1) is 16.0. The smallest absolute Gasteiger partial charge is 0.190 e. The second kappa shape index (κ2) is 16.4. The summed E-state index contributed by atoms with van der Waals surface area (Å²) in [6.07, 6.45) is 18.5. The summed E-state index contributed by atoms with van der Waals surface area (Å²) in [6, 6.07) is 0. The van der Waals surface area contributed by atoms with Gasteiger partial charge in [-0.2, -0.15) is 0 Å². The summed E-state index contributed by atoms with van der Waals surface area (Å²) >= 11 is 0. The van der Waals surface area contributed by atoms with Crippen molar-refractivity contribution in [3.63, 3.8) is 0 Å². The Morgan fingerprint density at radius 1 is 0.758 bits per heavy atom. The van der Waals surface area contributed by atoms with Gasteiger partial charge in [-0.05, 0) is 20.3 Å². The van der Waals surface area contributed by atoms with Crippen LogP contribution in [0.2, 0.25) is 0 Å². The third-order valence-electron chi connectivity index (χ3n) is 6.90. The zero-order valence-electron chi connectivity index (χ0n) is 21.6. The molecule has 0 radical (unpaired) electrons. The van der Waals surface area contributed by atoms with Gasteiger partial charge in [-0.25, -0.2) is 0 Å². The Morgan fingerprint density at radius 3 is 1.73 bits per heavy atom. The van der Waals surface area contributed by atoms with Crippen LogP contribution in [-0.2, 0) is 18.9 Å². The first-order valence-electron chi connectivity index (χ1n) is 13.9. The highest BCUT2D eigenvalue weighted by molar-refractivity contribution is 4.96. The summed E-state index contributed by atoms with van der Waals surface area (Å²) < 4.78 is 23.5. The van der Waals surface area contributed by atoms with E-state index in [0.29, 0.717) is 6.61 Å². The normalized spacial score (nSPS) is 27.2. The molecule has 0 aromatic heterocycles. The molecule has 0 aliphatic carbocycles. The van der Waals surface area contributed by atoms with Gasteiger partial charge in [0, 0.05) is 6.61 Å². The van der Waals surface area contributed by atoms with Crippen LogP contribution in [0.1, 0.15) is 124 Å². The molecule has 0 bridgehead atoms. The Labute approximate surface area is 202 Å². The summed E-state index contributed by atoms with van der Waals surface area (Å²) in [6.45, 7) is 6.21. The summed E-state index contributed by atoms with van der Waals surface area (Å²) in [5, 5.41) is 19.4. The summed E-state index contributed by atoms with van der Waals surface area (Å²) in [5.41, 5.74) is 0. The SMILES string of the molecule is CCCCCCCCCCCCCCCCCCO[C@@H]1[C@H]2OC(C)(C)O[C@H]2O[C@@H]1[C@H](O)CO. The van der Waals surface area contributed by atoms with Crippen molar-refractivity contribution >= 4 is 0 Å². The van der Waals surface area contributed by atoms with Crippen LogP contribution in [0.15, 0.2) is 0 Å². The van der Waals surface area contributed by atoms with Crippen molar-refractivity contribution in [1.82, 2.24) is 0 Å². The van der Waals surface area contributed by atoms with E-state index in [1.807, 2.05) is 13.8 Å². The molecule has 0 amide bonds. The minimum atomic E-state index is -0.998. The molecule has 0 spiro atoms. The molecular weight excluding hydrogens is 420 g/mol. The van der Waals surface area contributed by atoms with Gasteiger partial charge in [-0.15, -0.1) is 0 Å². The molecule has 0 unspecified atom stereocenters. The number of rotatable bonds is 20. The van der Waals surface area contributed by atoms with Crippen molar-refractivity contribution in [2.75, 3.05) is 13.2 Å². The maximum atomic E-state index is 10.1. The van der Waals surface area contributed by atoms with Gasteiger partial charge in [0.1, 0.15) is 24.4 Å². The highest BCUT2D eigenvalue weighted by Gasteiger charge is 2.56. The van der Waals surface area contributed by atoms with Crippen LogP contribution in [0.3, 0.4) is 0 Å². The van der Waals surface area contributed by atoms with Gasteiger partial charge in [0.05, 0.1) is 6.61 Å². The first kappa shape index (κ1) is 29.0. The highest BCUT2D eigenvalue weighted by atomic mass is 16.8. The Hall–Kier alpha value is -0.240. The lowest BCUT2D eigenvalue weighted by molar-refractivity contribution is -0.231. The van der Waals surface area contributed by atoms with E-state index in [1.54, 1.807) is 0 Å². The van der Waals surface area contributed by atoms with Gasteiger partial charge in [0.15, 0.2) is 12.1 Å². The molecule has 2 rings (SSSR count). The van der Waals surface area contributed by atoms with Crippen LogP contribution in [0.25, 0.3) is 0 Å². The predicted octanol–water partition coefficient (Wildman–Crippen LogP) is 5.86. The molecule has 2 heterocycles. The van der Waals surface area contributed by atoms with Gasteiger partial charge in [-0.1, -0.05) is 103 Å². The Bertz CT molecular complexity index is 485. The Morgan fingerprint density at radius 2 is 1.24 bits per heavy atom. The van der Waals surface area contributed by atoms with Crippen LogP contribution >= 0.6 is 0 Å². The van der Waals surface area contributed by atoms with Crippen LogP contribution in [-0.4, -0.2) is 59.9 Å². The fourth-order valence-corrected chi connectivity index (χ4v) is 4.98. The van der Waals surface area contributed by atoms with E-state index in [1.165, 1.54) is 89.9 Å². The van der Waals surface area contributed by atoms with Gasteiger partial charge in [0.25, 0.3) is 0 Å². The van der Waals surface area contributed by atoms with E-state index < -0.39 is 30.4 Å². The van der Waals surface area contributed by atoms with Gasteiger partial charge in [0.2, 0.25) is 0 Å². The zero-order valence-corrected chi connectivity index (χ0v) is 21.6. The lowest BCUT2D eigenvalue weighted by Crippen LogP contribution is -2.44. The molecule has 33 heavy (non-hydrogen) atoms. The zero-order chi connectivity index (χ0) is 23.9. The fraction of sp³-hybridized carbons (Fsp3) is 1.00. The quantitative estimate of drug-likeness (QED) is 0.216. The molecule has 5 atom stereocenters. The monoisotopic (exact) mass is 472 g/mol. The molecule has 2 saturated heterocycles. The number of unbranched alkanes of at least 4 members (excludes halogenated alkanes) is 15. The Kier molecular flexibility index (Phi) is 14.4. The van der Waals surface area contributed by atoms with Crippen molar-refractivity contribution in [3.05, 3.63) is 0 Å². The molecule has 0 aromatic carbocycles. The van der Waals surface area contributed by atoms with E-state index in [-0.39, 0.29) is 12.7 Å². The standard InChI is InChI=1S/C27H52O6/c1-4-5-6-7-8-9-10-11-12-13-14-15-16-17-18-19-20-30-24-23(22(29)21-28)31-26-25(24)32-27(2,3)33-26/h22-26,28-29H,4-21H2,1-3H3/t22-,23-,24+,25-,26-/m1/s1. The number of ether oxygens (including phenoxy) is 4. The molecule has 2 fully saturated rings. The second-order valence-electron chi connectivity index (χ2n) is 10.5. The van der Waals surface area contributed by atoms with Crippen LogP contribution in [0, 0.1) is 0 Å². The molecule has 2 N–H and O–H groups in total. The average Bonchev–Trinajstić information content (AvgIpc) is 3.27. The Balaban J connectivity index is 1.43. The molecule has 2 aliphatic heterocycles. The molecule has 0 aromatic rings. The van der Waals surface area contributed by atoms with Gasteiger partial charge >= 0.3 is 0 Å². The van der Waals surface area contributed by atoms with Crippen molar-refractivity contribution in [3.8, 4) is 0 Å². The molecule has 2 aliphatic rings. The van der Waals surface area contributed by atoms with Crippen LogP contribution in [0.4, 0.5) is 0 Å². The second-order valence-corrected chi connectivity index (χ2v) is 10.5. The lowest BCUT2D eigenvalue weighted by Gasteiger charge is -2.28. The van der Waals surface area contributed by atoms with Gasteiger partial charge < -0.3 is 29.2 Å². The average molecular weight is 473 g/mol. The van der Waals surface area contributed by atoms with Crippen LogP contribution in [0.5, 0.6) is 0 Å². The van der Waals surface area contributed by atoms with Gasteiger partial charge in [-0.3, -0.25) is 0 Å². The summed E-state index contributed by atoms with van der Waals surface area (Å²) in [5.74, 6) is -0.722. The molecule has 6 heteroatoms. The highest BCUT2D eigenvalue weighted by Crippen LogP contribution is 2.39. The number of hydrogen-bond donors (Lipinski definition) is 2. The minimum Gasteiger partial charge on any atom is -0.394 e. The van der Waals surface area contributed by atoms with E-state index in [4.69, 9.17) is 18.9 Å². The molecule has 196 valence electrons. The lowest BCUT2D eigenvalue weighted by atomic mass is 10.0. The number of fused-ring (bicyclic) bond motifs is 1. The molecule has 6 nitrogen and oxygen atoms in total. The number of aliphatic hydroxyl groups is 2. The third-order valence-corrected chi connectivity index (χ3v) is 6.90. The van der Waals surface area contributed by atoms with Crippen LogP contribution < -0.4 is 0 Å². The number of aliphatic hydroxyl groups excluding tert-OH is 2. The minimum absolute atomic E-state index is 0.368. The molecular formula is C27H52O6. The van der Waals surface area contributed by atoms with Crippen molar-refractivity contribution in [2.45, 2.75) is 160 Å². The fourth-order valence-electron chi connectivity index (χ4n) is 4.98. The van der Waals surface area contributed by atoms with E-state index in [2.05, 4.69) is 6.92 Å². The maximum absolute atomic E-state index is 10.1. The van der Waals surface area contributed by atoms with Crippen molar-refractivity contribution in [1.29, 1.82) is 0 Å². The summed E-state index contributed by atoms with van der Waals surface area (Å²) in [7, 11) is 0. The first-order valence-corrected chi connectivity index (χ1v) is 13.9. The van der Waals surface area contributed by atoms with Crippen molar-refractivity contribution in [2.24, 2.45) is 0 Å². The van der Waals surface area contributed by atoms with E-state index in [0.717, 1.165) is 12.8 Å². The topological polar surface area (TPSA) is 77.4 Å².